The van der Waals surface area contributed by atoms with Crippen LogP contribution in [-0.4, -0.2) is 56.3 Å². The Kier molecular flexibility index (Phi) is 7.25. The number of ether oxygens (including phenoxy) is 2. The number of carbonyl (C=O) groups is 1. The molecule has 1 amide bonds. The van der Waals surface area contributed by atoms with Crippen molar-refractivity contribution < 1.29 is 14.3 Å². The number of nitrogens with zero attached hydrogens (tertiary/aromatic N) is 3. The maximum Gasteiger partial charge on any atom is 0.272 e. The maximum atomic E-state index is 12.3. The molecule has 1 aromatic heterocycles. The predicted octanol–water partition coefficient (Wildman–Crippen LogP) is 1.08. The third-order valence-corrected chi connectivity index (χ3v) is 2.74. The summed E-state index contributed by atoms with van der Waals surface area (Å²) in [4.78, 5) is 18.0. The molecule has 0 unspecified atom stereocenters. The van der Waals surface area contributed by atoms with Gasteiger partial charge in [-0.2, -0.15) is 5.26 Å². The minimum Gasteiger partial charge on any atom is -0.385 e. The van der Waals surface area contributed by atoms with E-state index < -0.39 is 0 Å². The highest BCUT2D eigenvalue weighted by Crippen LogP contribution is 2.05. The van der Waals surface area contributed by atoms with E-state index in [0.29, 0.717) is 37.6 Å². The van der Waals surface area contributed by atoms with Crippen molar-refractivity contribution in [2.24, 2.45) is 0 Å². The summed E-state index contributed by atoms with van der Waals surface area (Å²) < 4.78 is 10.0. The van der Waals surface area contributed by atoms with E-state index in [1.807, 2.05) is 6.07 Å². The van der Waals surface area contributed by atoms with Gasteiger partial charge in [-0.25, -0.2) is 4.98 Å². The van der Waals surface area contributed by atoms with Crippen LogP contribution in [0.15, 0.2) is 18.3 Å². The standard InChI is InChI=1S/C14H19N3O3/c1-19-8-3-6-17(7-9-20-2)14(18)13-5-4-12(10-15)11-16-13/h4-5,11H,3,6-9H2,1-2H3. The number of rotatable bonds is 8. The number of aromatic nitrogens is 1. The zero-order valence-corrected chi connectivity index (χ0v) is 11.8. The number of amides is 1. The van der Waals surface area contributed by atoms with Crippen molar-refractivity contribution in [1.29, 1.82) is 5.26 Å². The molecule has 0 aliphatic carbocycles. The van der Waals surface area contributed by atoms with Gasteiger partial charge in [0.05, 0.1) is 12.2 Å². The van der Waals surface area contributed by atoms with Crippen molar-refractivity contribution in [3.63, 3.8) is 0 Å². The fourth-order valence-electron chi connectivity index (χ4n) is 1.66. The minimum absolute atomic E-state index is 0.164. The van der Waals surface area contributed by atoms with E-state index in [2.05, 4.69) is 4.98 Å². The van der Waals surface area contributed by atoms with Gasteiger partial charge in [-0.1, -0.05) is 0 Å². The van der Waals surface area contributed by atoms with Crippen LogP contribution >= 0.6 is 0 Å². The van der Waals surface area contributed by atoms with Crippen LogP contribution in [0.25, 0.3) is 0 Å². The fourth-order valence-corrected chi connectivity index (χ4v) is 1.66. The molecule has 1 heterocycles. The van der Waals surface area contributed by atoms with E-state index in [4.69, 9.17) is 14.7 Å². The van der Waals surface area contributed by atoms with Crippen LogP contribution in [0.3, 0.4) is 0 Å². The molecule has 6 heteroatoms. The molecule has 108 valence electrons. The Labute approximate surface area is 118 Å². The first kappa shape index (κ1) is 16.1. The summed E-state index contributed by atoms with van der Waals surface area (Å²) in [7, 11) is 3.22. The lowest BCUT2D eigenvalue weighted by atomic mass is 10.2. The average molecular weight is 277 g/mol. The molecule has 6 nitrogen and oxygen atoms in total. The van der Waals surface area contributed by atoms with Crippen molar-refractivity contribution in [3.8, 4) is 6.07 Å². The molecule has 0 fully saturated rings. The number of hydrogen-bond donors (Lipinski definition) is 0. The summed E-state index contributed by atoms with van der Waals surface area (Å²) in [5.41, 5.74) is 0.766. The van der Waals surface area contributed by atoms with Crippen LogP contribution < -0.4 is 0 Å². The van der Waals surface area contributed by atoms with Gasteiger partial charge in [-0.3, -0.25) is 4.79 Å². The molecule has 0 atom stereocenters. The first-order valence-corrected chi connectivity index (χ1v) is 6.36. The van der Waals surface area contributed by atoms with E-state index in [-0.39, 0.29) is 5.91 Å². The average Bonchev–Trinajstić information content (AvgIpc) is 2.50. The number of nitriles is 1. The van der Waals surface area contributed by atoms with Crippen molar-refractivity contribution in [2.45, 2.75) is 6.42 Å². The Morgan fingerprint density at radius 2 is 2.05 bits per heavy atom. The van der Waals surface area contributed by atoms with Crippen LogP contribution in [0.5, 0.6) is 0 Å². The molecule has 0 aliphatic heterocycles. The van der Waals surface area contributed by atoms with Gasteiger partial charge in [0.1, 0.15) is 11.8 Å². The number of methoxy groups -OCH3 is 2. The second-order valence-electron chi connectivity index (χ2n) is 4.18. The normalized spacial score (nSPS) is 10.1. The van der Waals surface area contributed by atoms with Crippen LogP contribution in [-0.2, 0) is 9.47 Å². The zero-order chi connectivity index (χ0) is 14.8. The molecule has 0 bridgehead atoms. The fraction of sp³-hybridized carbons (Fsp3) is 0.500. The van der Waals surface area contributed by atoms with Crippen molar-refractivity contribution in [3.05, 3.63) is 29.6 Å². The van der Waals surface area contributed by atoms with Crippen LogP contribution in [0.1, 0.15) is 22.5 Å². The molecule has 1 rings (SSSR count). The Balaban J connectivity index is 2.71. The largest absolute Gasteiger partial charge is 0.385 e. The van der Waals surface area contributed by atoms with Gasteiger partial charge in [-0.05, 0) is 18.6 Å². The van der Waals surface area contributed by atoms with E-state index in [1.54, 1.807) is 31.3 Å². The lowest BCUT2D eigenvalue weighted by Gasteiger charge is -2.21. The number of pyridine rings is 1. The first-order valence-electron chi connectivity index (χ1n) is 6.36. The van der Waals surface area contributed by atoms with Crippen molar-refractivity contribution in [1.82, 2.24) is 9.88 Å². The van der Waals surface area contributed by atoms with Gasteiger partial charge >= 0.3 is 0 Å². The van der Waals surface area contributed by atoms with Crippen LogP contribution in [0, 0.1) is 11.3 Å². The third-order valence-electron chi connectivity index (χ3n) is 2.74. The second kappa shape index (κ2) is 9.02. The highest BCUT2D eigenvalue weighted by atomic mass is 16.5. The Morgan fingerprint density at radius 3 is 2.60 bits per heavy atom. The highest BCUT2D eigenvalue weighted by Gasteiger charge is 2.16. The zero-order valence-electron chi connectivity index (χ0n) is 11.8. The summed E-state index contributed by atoms with van der Waals surface area (Å²) in [5, 5.41) is 8.72. The summed E-state index contributed by atoms with van der Waals surface area (Å²) in [6, 6.07) is 5.13. The quantitative estimate of drug-likeness (QED) is 0.665. The molecular weight excluding hydrogens is 258 g/mol. The summed E-state index contributed by atoms with van der Waals surface area (Å²) in [6.45, 7) is 2.14. The van der Waals surface area contributed by atoms with Gasteiger partial charge in [0.15, 0.2) is 0 Å². The summed E-state index contributed by atoms with van der Waals surface area (Å²) in [6.07, 6.45) is 2.15. The Morgan fingerprint density at radius 1 is 1.30 bits per heavy atom. The number of hydrogen-bond acceptors (Lipinski definition) is 5. The Bertz CT molecular complexity index is 454. The van der Waals surface area contributed by atoms with Gasteiger partial charge in [0.2, 0.25) is 0 Å². The minimum atomic E-state index is -0.164. The smallest absolute Gasteiger partial charge is 0.272 e. The van der Waals surface area contributed by atoms with Crippen molar-refractivity contribution >= 4 is 5.91 Å². The molecule has 0 aromatic carbocycles. The maximum absolute atomic E-state index is 12.3. The van der Waals surface area contributed by atoms with Gasteiger partial charge < -0.3 is 14.4 Å². The molecule has 0 radical (unpaired) electrons. The first-order chi connectivity index (χ1) is 9.72. The molecule has 20 heavy (non-hydrogen) atoms. The monoisotopic (exact) mass is 277 g/mol. The summed E-state index contributed by atoms with van der Waals surface area (Å²) in [5.74, 6) is -0.164. The van der Waals surface area contributed by atoms with E-state index in [0.717, 1.165) is 6.42 Å². The lowest BCUT2D eigenvalue weighted by Crippen LogP contribution is -2.35. The SMILES string of the molecule is COCCCN(CCOC)C(=O)c1ccc(C#N)cn1. The summed E-state index contributed by atoms with van der Waals surface area (Å²) >= 11 is 0. The van der Waals surface area contributed by atoms with Crippen LogP contribution in [0.4, 0.5) is 0 Å². The van der Waals surface area contributed by atoms with Gasteiger partial charge in [0, 0.05) is 40.1 Å². The third kappa shape index (κ3) is 4.96. The predicted molar refractivity (Wildman–Crippen MR) is 73.2 cm³/mol. The second-order valence-corrected chi connectivity index (χ2v) is 4.18. The molecule has 1 aromatic rings. The molecular formula is C14H19N3O3. The topological polar surface area (TPSA) is 75.5 Å². The molecule has 0 saturated carbocycles. The van der Waals surface area contributed by atoms with Gasteiger partial charge in [0.25, 0.3) is 5.91 Å². The molecule has 0 saturated heterocycles. The van der Waals surface area contributed by atoms with Gasteiger partial charge in [-0.15, -0.1) is 0 Å². The van der Waals surface area contributed by atoms with E-state index in [1.165, 1.54) is 6.20 Å². The van der Waals surface area contributed by atoms with Crippen LogP contribution in [0.2, 0.25) is 0 Å². The van der Waals surface area contributed by atoms with E-state index >= 15 is 0 Å². The van der Waals surface area contributed by atoms with Crippen molar-refractivity contribution in [2.75, 3.05) is 40.5 Å². The molecule has 0 aliphatic rings. The number of carbonyl (C=O) groups excluding carboxylic acids is 1. The van der Waals surface area contributed by atoms with E-state index in [9.17, 15) is 4.79 Å². The molecule has 0 N–H and O–H groups in total. The highest BCUT2D eigenvalue weighted by molar-refractivity contribution is 5.92. The molecule has 0 spiro atoms. The Hall–Kier alpha value is -1.97. The lowest BCUT2D eigenvalue weighted by molar-refractivity contribution is 0.0668.